The van der Waals surface area contributed by atoms with Gasteiger partial charge in [0.2, 0.25) is 5.91 Å². The molecule has 24 heavy (non-hydrogen) atoms. The Morgan fingerprint density at radius 3 is 2.71 bits per heavy atom. The van der Waals surface area contributed by atoms with Crippen LogP contribution in [0.15, 0.2) is 24.3 Å². The fourth-order valence-corrected chi connectivity index (χ4v) is 3.95. The number of nitrogens with two attached hydrogens (primary N) is 1. The molecule has 0 aliphatic heterocycles. The Morgan fingerprint density at radius 1 is 1.29 bits per heavy atom. The third-order valence-corrected chi connectivity index (χ3v) is 5.11. The normalized spacial score (nSPS) is 28.8. The zero-order valence-corrected chi connectivity index (χ0v) is 13.2. The minimum Gasteiger partial charge on any atom is -0.492 e. The maximum absolute atomic E-state index is 12.6. The molecule has 4 unspecified atom stereocenters. The summed E-state index contributed by atoms with van der Waals surface area (Å²) in [5, 5.41) is 2.79. The maximum Gasteiger partial charge on any atom is 0.416 e. The van der Waals surface area contributed by atoms with Gasteiger partial charge in [-0.1, -0.05) is 6.07 Å². The smallest absolute Gasteiger partial charge is 0.416 e. The first-order chi connectivity index (χ1) is 11.4. The van der Waals surface area contributed by atoms with E-state index in [9.17, 15) is 18.0 Å². The molecule has 1 aromatic rings. The molecule has 0 heterocycles. The largest absolute Gasteiger partial charge is 0.492 e. The molecule has 2 aliphatic rings. The van der Waals surface area contributed by atoms with Crippen molar-refractivity contribution in [3.8, 4) is 5.75 Å². The van der Waals surface area contributed by atoms with Crippen LogP contribution in [0.25, 0.3) is 0 Å². The molecule has 7 heteroatoms. The highest BCUT2D eigenvalue weighted by molar-refractivity contribution is 5.80. The van der Waals surface area contributed by atoms with Gasteiger partial charge in [0.1, 0.15) is 12.4 Å². The zero-order chi connectivity index (χ0) is 17.3. The molecule has 2 aliphatic carbocycles. The van der Waals surface area contributed by atoms with Gasteiger partial charge in [0.05, 0.1) is 18.0 Å². The van der Waals surface area contributed by atoms with Crippen LogP contribution in [0.5, 0.6) is 5.75 Å². The first kappa shape index (κ1) is 17.1. The number of halogens is 3. The minimum atomic E-state index is -4.40. The second-order valence-corrected chi connectivity index (χ2v) is 6.60. The van der Waals surface area contributed by atoms with E-state index in [4.69, 9.17) is 10.5 Å². The number of fused-ring (bicyclic) bond motifs is 2. The van der Waals surface area contributed by atoms with Crippen molar-refractivity contribution in [2.45, 2.75) is 31.5 Å². The predicted molar refractivity (Wildman–Crippen MR) is 82.2 cm³/mol. The van der Waals surface area contributed by atoms with Gasteiger partial charge in [-0.3, -0.25) is 4.79 Å². The molecule has 0 radical (unpaired) electrons. The van der Waals surface area contributed by atoms with Gasteiger partial charge in [-0.15, -0.1) is 0 Å². The van der Waals surface area contributed by atoms with Crippen LogP contribution in [-0.4, -0.2) is 25.1 Å². The molecule has 4 atom stereocenters. The second-order valence-electron chi connectivity index (χ2n) is 6.60. The monoisotopic (exact) mass is 342 g/mol. The number of hydrogen-bond donors (Lipinski definition) is 2. The third kappa shape index (κ3) is 3.50. The van der Waals surface area contributed by atoms with Crippen LogP contribution >= 0.6 is 0 Å². The van der Waals surface area contributed by atoms with Crippen molar-refractivity contribution in [1.82, 2.24) is 5.32 Å². The van der Waals surface area contributed by atoms with Gasteiger partial charge in [-0.2, -0.15) is 13.2 Å². The lowest BCUT2D eigenvalue weighted by atomic mass is 9.84. The lowest BCUT2D eigenvalue weighted by molar-refractivity contribution is -0.137. The fourth-order valence-electron chi connectivity index (χ4n) is 3.95. The molecule has 1 amide bonds. The summed E-state index contributed by atoms with van der Waals surface area (Å²) in [5.74, 6) is 0.747. The van der Waals surface area contributed by atoms with Gasteiger partial charge in [0.25, 0.3) is 0 Å². The van der Waals surface area contributed by atoms with Gasteiger partial charge in [-0.05, 0) is 49.3 Å². The average molecular weight is 342 g/mol. The molecule has 3 N–H and O–H groups in total. The molecule has 0 spiro atoms. The molecular weight excluding hydrogens is 321 g/mol. The van der Waals surface area contributed by atoms with Gasteiger partial charge in [0, 0.05) is 6.04 Å². The quantitative estimate of drug-likeness (QED) is 0.809. The number of rotatable bonds is 5. The van der Waals surface area contributed by atoms with Crippen molar-refractivity contribution in [3.05, 3.63) is 29.8 Å². The summed E-state index contributed by atoms with van der Waals surface area (Å²) in [7, 11) is 0. The Hall–Kier alpha value is -1.76. The predicted octanol–water partition coefficient (Wildman–Crippen LogP) is 2.57. The fraction of sp³-hybridized carbons (Fsp3) is 0.588. The van der Waals surface area contributed by atoms with E-state index < -0.39 is 11.7 Å². The van der Waals surface area contributed by atoms with Crippen LogP contribution < -0.4 is 15.8 Å². The van der Waals surface area contributed by atoms with Crippen LogP contribution in [0.1, 0.15) is 24.8 Å². The van der Waals surface area contributed by atoms with E-state index in [1.54, 1.807) is 0 Å². The molecule has 4 nitrogen and oxygen atoms in total. The minimum absolute atomic E-state index is 0.0673. The van der Waals surface area contributed by atoms with Gasteiger partial charge in [0.15, 0.2) is 0 Å². The van der Waals surface area contributed by atoms with Crippen molar-refractivity contribution in [2.75, 3.05) is 13.2 Å². The Labute approximate surface area is 138 Å². The van der Waals surface area contributed by atoms with Gasteiger partial charge >= 0.3 is 6.18 Å². The van der Waals surface area contributed by atoms with E-state index in [1.807, 2.05) is 0 Å². The first-order valence-electron chi connectivity index (χ1n) is 8.19. The van der Waals surface area contributed by atoms with Crippen LogP contribution in [-0.2, 0) is 11.0 Å². The molecule has 0 saturated heterocycles. The summed E-state index contributed by atoms with van der Waals surface area (Å²) in [6.45, 7) is 0.360. The van der Waals surface area contributed by atoms with Crippen molar-refractivity contribution in [1.29, 1.82) is 0 Å². The van der Waals surface area contributed by atoms with E-state index in [2.05, 4.69) is 5.32 Å². The number of alkyl halides is 3. The summed E-state index contributed by atoms with van der Waals surface area (Å²) < 4.78 is 43.2. The molecule has 2 saturated carbocycles. The summed E-state index contributed by atoms with van der Waals surface area (Å²) in [6.07, 6.45) is -1.21. The topological polar surface area (TPSA) is 64.4 Å². The van der Waals surface area contributed by atoms with E-state index in [0.717, 1.165) is 31.4 Å². The lowest BCUT2D eigenvalue weighted by Gasteiger charge is -2.27. The standard InChI is InChI=1S/C17H21F3N2O2/c18-17(19,20)12-2-1-3-13(9-12)24-7-6-22-16(23)14-10-4-5-11(8-10)15(14)21/h1-3,9-11,14-15H,4-8,21H2,(H,22,23). The van der Waals surface area contributed by atoms with Crippen LogP contribution in [0.3, 0.4) is 0 Å². The Kier molecular flexibility index (Phi) is 4.71. The van der Waals surface area contributed by atoms with E-state index in [1.165, 1.54) is 12.1 Å². The summed E-state index contributed by atoms with van der Waals surface area (Å²) >= 11 is 0. The number of carbonyl (C=O) groups is 1. The van der Waals surface area contributed by atoms with Crippen LogP contribution in [0, 0.1) is 17.8 Å². The molecule has 1 aromatic carbocycles. The lowest BCUT2D eigenvalue weighted by Crippen LogP contribution is -2.46. The highest BCUT2D eigenvalue weighted by Crippen LogP contribution is 2.47. The number of hydrogen-bond acceptors (Lipinski definition) is 3. The number of benzene rings is 1. The Balaban J connectivity index is 1.45. The SMILES string of the molecule is NC1C2CCC(C2)C1C(=O)NCCOc1cccc(C(F)(F)F)c1. The summed E-state index contributed by atoms with van der Waals surface area (Å²) in [6, 6.07) is 4.63. The zero-order valence-electron chi connectivity index (χ0n) is 13.2. The number of ether oxygens (including phenoxy) is 1. The number of nitrogens with one attached hydrogen (secondary N) is 1. The molecular formula is C17H21F3N2O2. The summed E-state index contributed by atoms with van der Waals surface area (Å²) in [4.78, 5) is 12.2. The third-order valence-electron chi connectivity index (χ3n) is 5.11. The number of amides is 1. The van der Waals surface area contributed by atoms with E-state index >= 15 is 0 Å². The van der Waals surface area contributed by atoms with Crippen molar-refractivity contribution < 1.29 is 22.7 Å². The molecule has 3 rings (SSSR count). The molecule has 132 valence electrons. The van der Waals surface area contributed by atoms with Gasteiger partial charge in [-0.25, -0.2) is 0 Å². The number of carbonyl (C=O) groups excluding carboxylic acids is 1. The van der Waals surface area contributed by atoms with E-state index in [0.29, 0.717) is 11.8 Å². The Bertz CT molecular complexity index is 604. The van der Waals surface area contributed by atoms with Crippen molar-refractivity contribution in [3.63, 3.8) is 0 Å². The van der Waals surface area contributed by atoms with E-state index in [-0.39, 0.29) is 36.8 Å². The van der Waals surface area contributed by atoms with Crippen molar-refractivity contribution >= 4 is 5.91 Å². The second kappa shape index (κ2) is 6.63. The molecule has 0 aromatic heterocycles. The van der Waals surface area contributed by atoms with Crippen molar-refractivity contribution in [2.24, 2.45) is 23.5 Å². The summed E-state index contributed by atoms with van der Waals surface area (Å²) in [5.41, 5.74) is 5.37. The molecule has 2 bridgehead atoms. The maximum atomic E-state index is 12.6. The highest BCUT2D eigenvalue weighted by Gasteiger charge is 2.48. The van der Waals surface area contributed by atoms with Gasteiger partial charge < -0.3 is 15.8 Å². The molecule has 2 fully saturated rings. The Morgan fingerprint density at radius 2 is 2.04 bits per heavy atom. The first-order valence-corrected chi connectivity index (χ1v) is 8.19. The highest BCUT2D eigenvalue weighted by atomic mass is 19.4. The van der Waals surface area contributed by atoms with Crippen LogP contribution in [0.2, 0.25) is 0 Å². The van der Waals surface area contributed by atoms with Crippen LogP contribution in [0.4, 0.5) is 13.2 Å². The average Bonchev–Trinajstić information content (AvgIpc) is 3.12.